The molecular formula is C48H58N8O8. The summed E-state index contributed by atoms with van der Waals surface area (Å²) in [6.45, 7) is 9.54. The first-order chi connectivity index (χ1) is 31.0. The minimum atomic E-state index is -0.715. The number of nitrogens with zero attached hydrogens (tertiary/aromatic N) is 4. The molecule has 3 aromatic carbocycles. The number of nitrogens with one attached hydrogen (secondary N) is 4. The van der Waals surface area contributed by atoms with Gasteiger partial charge in [0, 0.05) is 36.2 Å². The van der Waals surface area contributed by atoms with Gasteiger partial charge in [-0.15, -0.1) is 0 Å². The van der Waals surface area contributed by atoms with Crippen LogP contribution in [0.15, 0.2) is 48.7 Å². The molecule has 0 saturated carbocycles. The van der Waals surface area contributed by atoms with Gasteiger partial charge in [0.2, 0.25) is 11.8 Å². The first kappa shape index (κ1) is 43.1. The lowest BCUT2D eigenvalue weighted by Gasteiger charge is -2.36. The van der Waals surface area contributed by atoms with Crippen LogP contribution in [-0.4, -0.2) is 105 Å². The number of benzene rings is 3. The molecule has 7 atom stereocenters. The van der Waals surface area contributed by atoms with Gasteiger partial charge in [-0.3, -0.25) is 9.59 Å². The van der Waals surface area contributed by atoms with E-state index in [-0.39, 0.29) is 47.8 Å². The van der Waals surface area contributed by atoms with E-state index < -0.39 is 24.3 Å². The number of imidazole rings is 2. The lowest BCUT2D eigenvalue weighted by atomic mass is 9.90. The fourth-order valence-electron chi connectivity index (χ4n) is 10.3. The molecule has 4 amide bonds. The van der Waals surface area contributed by atoms with Crippen LogP contribution in [0.1, 0.15) is 102 Å². The predicted octanol–water partition coefficient (Wildman–Crippen LogP) is 7.69. The summed E-state index contributed by atoms with van der Waals surface area (Å²) in [5.74, 6) is 1.80. The zero-order chi connectivity index (χ0) is 44.8. The Morgan fingerprint density at radius 1 is 0.828 bits per heavy atom. The number of likely N-dealkylation sites (tertiary alicyclic amines) is 2. The number of amides is 4. The quantitative estimate of drug-likeness (QED) is 0.108. The van der Waals surface area contributed by atoms with Crippen LogP contribution < -0.4 is 15.4 Å². The lowest BCUT2D eigenvalue weighted by molar-refractivity contribution is -0.139. The van der Waals surface area contributed by atoms with Crippen LogP contribution in [0.5, 0.6) is 5.75 Å². The second-order valence-corrected chi connectivity index (χ2v) is 17.9. The third kappa shape index (κ3) is 7.90. The number of H-pyrrole nitrogens is 2. The third-order valence-corrected chi connectivity index (χ3v) is 14.1. The van der Waals surface area contributed by atoms with Gasteiger partial charge >= 0.3 is 12.2 Å². The summed E-state index contributed by atoms with van der Waals surface area (Å²) >= 11 is 0. The first-order valence-electron chi connectivity index (χ1n) is 22.7. The minimum absolute atomic E-state index is 0.0274. The summed E-state index contributed by atoms with van der Waals surface area (Å²) in [6.07, 6.45) is 5.79. The van der Waals surface area contributed by atoms with E-state index >= 15 is 0 Å². The van der Waals surface area contributed by atoms with E-state index in [0.29, 0.717) is 38.5 Å². The summed E-state index contributed by atoms with van der Waals surface area (Å²) in [4.78, 5) is 73.9. The normalized spacial score (nSPS) is 22.3. The topological polar surface area (TPSA) is 193 Å². The van der Waals surface area contributed by atoms with Crippen molar-refractivity contribution in [2.45, 2.75) is 115 Å². The highest BCUT2D eigenvalue weighted by molar-refractivity contribution is 6.07. The van der Waals surface area contributed by atoms with Gasteiger partial charge in [-0.2, -0.15) is 0 Å². The molecule has 5 aromatic rings. The number of rotatable bonds is 10. The Morgan fingerprint density at radius 2 is 1.53 bits per heavy atom. The zero-order valence-corrected chi connectivity index (χ0v) is 37.4. The van der Waals surface area contributed by atoms with E-state index in [1.807, 2.05) is 49.8 Å². The number of alkyl carbamates (subject to hydrolysis) is 2. The van der Waals surface area contributed by atoms with E-state index in [4.69, 9.17) is 28.9 Å². The number of carbonyl (C=O) groups is 4. The van der Waals surface area contributed by atoms with E-state index in [1.54, 1.807) is 0 Å². The van der Waals surface area contributed by atoms with Crippen molar-refractivity contribution in [1.82, 2.24) is 40.4 Å². The number of aromatic amines is 2. The van der Waals surface area contributed by atoms with Gasteiger partial charge in [0.25, 0.3) is 0 Å². The summed E-state index contributed by atoms with van der Waals surface area (Å²) < 4.78 is 21.8. The Bertz CT molecular complexity index is 2580. The summed E-state index contributed by atoms with van der Waals surface area (Å²) in [6, 6.07) is 12.7. The maximum Gasteiger partial charge on any atom is 0.407 e. The van der Waals surface area contributed by atoms with Gasteiger partial charge in [0.05, 0.1) is 49.2 Å². The molecule has 338 valence electrons. The number of fused-ring (bicyclic) bond motifs is 6. The molecule has 3 fully saturated rings. The Labute approximate surface area is 372 Å². The molecule has 0 radical (unpaired) electrons. The molecule has 4 N–H and O–H groups in total. The van der Waals surface area contributed by atoms with E-state index in [2.05, 4.69) is 57.0 Å². The smallest absolute Gasteiger partial charge is 0.407 e. The van der Waals surface area contributed by atoms with Crippen LogP contribution >= 0.6 is 0 Å². The summed E-state index contributed by atoms with van der Waals surface area (Å²) in [7, 11) is 2.62. The van der Waals surface area contributed by atoms with Gasteiger partial charge in [0.15, 0.2) is 0 Å². The molecule has 4 aliphatic heterocycles. The molecule has 2 aromatic heterocycles. The van der Waals surface area contributed by atoms with Crippen molar-refractivity contribution in [2.24, 2.45) is 11.8 Å². The standard InChI is InChI=1S/C48H58N8O8/c1-7-25(2)40(53-47(59)61-5)45(57)56-27(4)9-15-38(56)44-50-35-13-11-29-21-34-32-12-10-30(20-31(32)24-64-39(34)22-33(29)42(35)52-44)36-23-49-43(51-36)37-14-8-26(3)55(37)46(58)41(54-48(60)62-6)28-16-18-63-19-17-28/h10-13,20-23,25-28,37-38,40-41H,7-9,14-19,24H2,1-6H3,(H,49,51)(H,50,52)(H,53,59)(H,54,60)/t25-,26-,27-,37?,38-,40-,41-/m0/s1. The van der Waals surface area contributed by atoms with Gasteiger partial charge in [-0.25, -0.2) is 19.6 Å². The first-order valence-corrected chi connectivity index (χ1v) is 22.7. The van der Waals surface area contributed by atoms with Crippen molar-refractivity contribution >= 4 is 45.8 Å². The number of aromatic nitrogens is 4. The van der Waals surface area contributed by atoms with Gasteiger partial charge < -0.3 is 49.3 Å². The largest absolute Gasteiger partial charge is 0.488 e. The average Bonchev–Trinajstić information content (AvgIpc) is 4.14. The maximum absolute atomic E-state index is 14.3. The van der Waals surface area contributed by atoms with Gasteiger partial charge in [-0.05, 0) is 111 Å². The fraction of sp³-hybridized carbons (Fsp3) is 0.500. The summed E-state index contributed by atoms with van der Waals surface area (Å²) in [5.41, 5.74) is 6.59. The van der Waals surface area contributed by atoms with E-state index in [9.17, 15) is 19.2 Å². The fourth-order valence-corrected chi connectivity index (χ4v) is 10.3. The monoisotopic (exact) mass is 874 g/mol. The molecule has 4 aliphatic rings. The van der Waals surface area contributed by atoms with Crippen molar-refractivity contribution < 1.29 is 38.1 Å². The van der Waals surface area contributed by atoms with Crippen LogP contribution in [0, 0.1) is 11.8 Å². The molecule has 64 heavy (non-hydrogen) atoms. The molecule has 1 unspecified atom stereocenters. The van der Waals surface area contributed by atoms with Crippen LogP contribution in [0.4, 0.5) is 9.59 Å². The van der Waals surface area contributed by atoms with Crippen LogP contribution in [-0.2, 0) is 30.4 Å². The Kier molecular flexibility index (Phi) is 12.0. The highest BCUT2D eigenvalue weighted by Crippen LogP contribution is 2.44. The molecule has 9 rings (SSSR count). The van der Waals surface area contributed by atoms with E-state index in [0.717, 1.165) is 93.4 Å². The van der Waals surface area contributed by atoms with Gasteiger partial charge in [-0.1, -0.05) is 38.5 Å². The number of hydrogen-bond donors (Lipinski definition) is 4. The number of carbonyl (C=O) groups excluding carboxylic acids is 4. The van der Waals surface area contributed by atoms with Crippen molar-refractivity contribution in [2.75, 3.05) is 27.4 Å². The Balaban J connectivity index is 0.960. The molecule has 0 bridgehead atoms. The predicted molar refractivity (Wildman–Crippen MR) is 239 cm³/mol. The molecule has 0 spiro atoms. The maximum atomic E-state index is 14.3. The van der Waals surface area contributed by atoms with Crippen LogP contribution in [0.25, 0.3) is 44.2 Å². The Morgan fingerprint density at radius 3 is 2.25 bits per heavy atom. The van der Waals surface area contributed by atoms with E-state index in [1.165, 1.54) is 14.2 Å². The molecule has 3 saturated heterocycles. The molecule has 6 heterocycles. The highest BCUT2D eigenvalue weighted by Gasteiger charge is 2.44. The minimum Gasteiger partial charge on any atom is -0.488 e. The molecular weight excluding hydrogens is 817 g/mol. The third-order valence-electron chi connectivity index (χ3n) is 14.1. The molecule has 16 heteroatoms. The second-order valence-electron chi connectivity index (χ2n) is 17.9. The van der Waals surface area contributed by atoms with Crippen molar-refractivity contribution in [3.63, 3.8) is 0 Å². The van der Waals surface area contributed by atoms with Crippen molar-refractivity contribution in [1.29, 1.82) is 0 Å². The molecule has 16 nitrogen and oxygen atoms in total. The number of hydrogen-bond acceptors (Lipinski definition) is 10. The summed E-state index contributed by atoms with van der Waals surface area (Å²) in [5, 5.41) is 7.60. The molecule has 0 aliphatic carbocycles. The number of methoxy groups -OCH3 is 2. The zero-order valence-electron chi connectivity index (χ0n) is 37.4. The SMILES string of the molecule is CC[C@H](C)[C@H](NC(=O)OC)C(=O)N1[C@@H](C)CC[C@H]1c1nc2c(ccc3cc4c(cc32)OCc2cc(-c3cnc(C5CC[C@H](C)N5C(=O)[C@@H](NC(=O)OC)C5CCOCC5)[nH]3)ccc2-4)[nH]1. The highest BCUT2D eigenvalue weighted by atomic mass is 16.5. The lowest BCUT2D eigenvalue weighted by Crippen LogP contribution is -2.54. The second kappa shape index (κ2) is 17.8. The number of ether oxygens (including phenoxy) is 4. The van der Waals surface area contributed by atoms with Crippen LogP contribution in [0.2, 0.25) is 0 Å². The Hall–Kier alpha value is -6.16. The van der Waals surface area contributed by atoms with Crippen molar-refractivity contribution in [3.05, 3.63) is 65.9 Å². The van der Waals surface area contributed by atoms with Gasteiger partial charge in [0.1, 0.15) is 36.1 Å². The van der Waals surface area contributed by atoms with Crippen molar-refractivity contribution in [3.8, 4) is 28.1 Å². The van der Waals surface area contributed by atoms with Crippen LogP contribution in [0.3, 0.4) is 0 Å². The average molecular weight is 875 g/mol.